The highest BCUT2D eigenvalue weighted by Crippen LogP contribution is 2.00. The van der Waals surface area contributed by atoms with Crippen LogP contribution in [0.3, 0.4) is 0 Å². The molecular formula is C10H15N5O2. The minimum atomic E-state index is 0.547. The van der Waals surface area contributed by atoms with Gasteiger partial charge in [0.05, 0.1) is 24.7 Å². The van der Waals surface area contributed by atoms with Crippen LogP contribution in [0.25, 0.3) is 0 Å². The molecule has 7 heteroatoms. The second-order valence-corrected chi connectivity index (χ2v) is 3.56. The van der Waals surface area contributed by atoms with Gasteiger partial charge in [0.1, 0.15) is 6.54 Å². The lowest BCUT2D eigenvalue weighted by Crippen LogP contribution is -2.18. The van der Waals surface area contributed by atoms with Crippen LogP contribution in [-0.2, 0) is 17.8 Å². The van der Waals surface area contributed by atoms with Crippen LogP contribution < -0.4 is 5.32 Å². The van der Waals surface area contributed by atoms with E-state index in [0.29, 0.717) is 19.7 Å². The summed E-state index contributed by atoms with van der Waals surface area (Å²) < 4.78 is 11.6. The molecule has 0 amide bonds. The Morgan fingerprint density at radius 1 is 1.53 bits per heavy atom. The Balaban J connectivity index is 1.79. The number of methoxy groups -OCH3 is 1. The fraction of sp³-hybridized carbons (Fsp3) is 0.500. The zero-order valence-corrected chi connectivity index (χ0v) is 9.67. The lowest BCUT2D eigenvalue weighted by Gasteiger charge is -1.99. The Hall–Kier alpha value is -1.73. The van der Waals surface area contributed by atoms with Gasteiger partial charge in [0.2, 0.25) is 0 Å². The highest BCUT2D eigenvalue weighted by molar-refractivity contribution is 4.97. The Morgan fingerprint density at radius 2 is 2.47 bits per heavy atom. The zero-order chi connectivity index (χ0) is 11.9. The Morgan fingerprint density at radius 3 is 3.24 bits per heavy atom. The maximum absolute atomic E-state index is 4.99. The van der Waals surface area contributed by atoms with E-state index < -0.39 is 0 Å². The first-order chi connectivity index (χ1) is 8.38. The topological polar surface area (TPSA) is 78.0 Å². The molecule has 0 fully saturated rings. The number of nitrogens with zero attached hydrogens (tertiary/aromatic N) is 4. The van der Waals surface area contributed by atoms with Crippen molar-refractivity contribution in [2.75, 3.05) is 20.3 Å². The third kappa shape index (κ3) is 3.65. The molecule has 2 rings (SSSR count). The van der Waals surface area contributed by atoms with Gasteiger partial charge in [0.15, 0.2) is 5.76 Å². The molecule has 2 aromatic heterocycles. The van der Waals surface area contributed by atoms with E-state index in [0.717, 1.165) is 18.0 Å². The number of aromatic nitrogens is 4. The van der Waals surface area contributed by atoms with Crippen LogP contribution in [0.5, 0.6) is 0 Å². The minimum Gasteiger partial charge on any atom is -0.383 e. The summed E-state index contributed by atoms with van der Waals surface area (Å²) in [6.45, 7) is 2.71. The van der Waals surface area contributed by atoms with Crippen LogP contribution in [0.15, 0.2) is 23.0 Å². The maximum atomic E-state index is 4.99. The first kappa shape index (κ1) is 11.7. The molecule has 2 heterocycles. The van der Waals surface area contributed by atoms with Crippen LogP contribution in [0.1, 0.15) is 11.5 Å². The van der Waals surface area contributed by atoms with E-state index in [9.17, 15) is 0 Å². The van der Waals surface area contributed by atoms with Crippen molar-refractivity contribution in [2.45, 2.75) is 13.1 Å². The summed E-state index contributed by atoms with van der Waals surface area (Å²) in [4.78, 5) is 0. The van der Waals surface area contributed by atoms with Gasteiger partial charge in [-0.05, 0) is 0 Å². The molecule has 0 aliphatic rings. The Labute approximate surface area is 98.7 Å². The maximum Gasteiger partial charge on any atom is 0.158 e. The van der Waals surface area contributed by atoms with Gasteiger partial charge in [0, 0.05) is 26.3 Å². The van der Waals surface area contributed by atoms with Gasteiger partial charge in [-0.25, -0.2) is 4.68 Å². The zero-order valence-electron chi connectivity index (χ0n) is 9.67. The molecule has 0 atom stereocenters. The molecule has 0 aliphatic heterocycles. The molecule has 1 N–H and O–H groups in total. The molecule has 0 aromatic carbocycles. The average molecular weight is 237 g/mol. The second kappa shape index (κ2) is 6.12. The van der Waals surface area contributed by atoms with E-state index in [2.05, 4.69) is 20.8 Å². The first-order valence-electron chi connectivity index (χ1n) is 5.36. The number of nitrogens with one attached hydrogen (secondary N) is 1. The fourth-order valence-corrected chi connectivity index (χ4v) is 1.37. The van der Waals surface area contributed by atoms with Gasteiger partial charge in [0.25, 0.3) is 0 Å². The van der Waals surface area contributed by atoms with Crippen molar-refractivity contribution < 1.29 is 9.26 Å². The summed E-state index contributed by atoms with van der Waals surface area (Å²) in [5.41, 5.74) is 0.889. The van der Waals surface area contributed by atoms with Crippen LogP contribution in [0, 0.1) is 0 Å². The summed E-state index contributed by atoms with van der Waals surface area (Å²) in [6.07, 6.45) is 3.49. The van der Waals surface area contributed by atoms with E-state index in [1.165, 1.54) is 0 Å². The van der Waals surface area contributed by atoms with E-state index in [-0.39, 0.29) is 0 Å². The van der Waals surface area contributed by atoms with Gasteiger partial charge in [-0.2, -0.15) is 0 Å². The highest BCUT2D eigenvalue weighted by atomic mass is 16.5. The van der Waals surface area contributed by atoms with Crippen molar-refractivity contribution in [1.82, 2.24) is 25.5 Å². The van der Waals surface area contributed by atoms with Crippen molar-refractivity contribution in [2.24, 2.45) is 0 Å². The quantitative estimate of drug-likeness (QED) is 0.686. The van der Waals surface area contributed by atoms with E-state index in [1.54, 1.807) is 24.1 Å². The van der Waals surface area contributed by atoms with Gasteiger partial charge in [-0.1, -0.05) is 10.4 Å². The Bertz CT molecular complexity index is 426. The van der Waals surface area contributed by atoms with E-state index >= 15 is 0 Å². The van der Waals surface area contributed by atoms with Gasteiger partial charge < -0.3 is 14.6 Å². The molecule has 17 heavy (non-hydrogen) atoms. The summed E-state index contributed by atoms with van der Waals surface area (Å²) >= 11 is 0. The van der Waals surface area contributed by atoms with Crippen LogP contribution in [-0.4, -0.2) is 40.4 Å². The molecule has 0 saturated carbocycles. The molecule has 92 valence electrons. The SMILES string of the molecule is COCCNCc1cn(Cc2ccno2)nn1. The number of rotatable bonds is 7. The molecular weight excluding hydrogens is 222 g/mol. The lowest BCUT2D eigenvalue weighted by molar-refractivity contribution is 0.199. The molecule has 0 aliphatic carbocycles. The van der Waals surface area contributed by atoms with Gasteiger partial charge >= 0.3 is 0 Å². The minimum absolute atomic E-state index is 0.547. The number of hydrogen-bond donors (Lipinski definition) is 1. The summed E-state index contributed by atoms with van der Waals surface area (Å²) in [5.74, 6) is 0.758. The molecule has 7 nitrogen and oxygen atoms in total. The summed E-state index contributed by atoms with van der Waals surface area (Å²) in [7, 11) is 1.68. The predicted molar refractivity (Wildman–Crippen MR) is 59.2 cm³/mol. The van der Waals surface area contributed by atoms with Crippen LogP contribution >= 0.6 is 0 Å². The number of ether oxygens (including phenoxy) is 1. The largest absolute Gasteiger partial charge is 0.383 e. The Kier molecular flexibility index (Phi) is 4.23. The second-order valence-electron chi connectivity index (χ2n) is 3.56. The molecule has 0 unspecified atom stereocenters. The van der Waals surface area contributed by atoms with Gasteiger partial charge in [-0.3, -0.25) is 0 Å². The molecule has 0 radical (unpaired) electrons. The molecule has 0 bridgehead atoms. The summed E-state index contributed by atoms with van der Waals surface area (Å²) in [6, 6.07) is 1.80. The van der Waals surface area contributed by atoms with Crippen LogP contribution in [0.4, 0.5) is 0 Å². The van der Waals surface area contributed by atoms with E-state index in [1.807, 2.05) is 6.20 Å². The average Bonchev–Trinajstić information content (AvgIpc) is 2.97. The third-order valence-corrected chi connectivity index (χ3v) is 2.18. The van der Waals surface area contributed by atoms with E-state index in [4.69, 9.17) is 9.26 Å². The van der Waals surface area contributed by atoms with Crippen molar-refractivity contribution in [1.29, 1.82) is 0 Å². The smallest absolute Gasteiger partial charge is 0.158 e. The molecule has 0 saturated heterocycles. The first-order valence-corrected chi connectivity index (χ1v) is 5.36. The van der Waals surface area contributed by atoms with Crippen LogP contribution in [0.2, 0.25) is 0 Å². The molecule has 2 aromatic rings. The standard InChI is InChI=1S/C10H15N5O2/c1-16-5-4-11-6-9-7-15(14-13-9)8-10-2-3-12-17-10/h2-3,7,11H,4-6,8H2,1H3. The normalized spacial score (nSPS) is 10.9. The van der Waals surface area contributed by atoms with Crippen molar-refractivity contribution in [3.63, 3.8) is 0 Å². The van der Waals surface area contributed by atoms with Gasteiger partial charge in [-0.15, -0.1) is 5.10 Å². The van der Waals surface area contributed by atoms with Crippen molar-refractivity contribution >= 4 is 0 Å². The fourth-order valence-electron chi connectivity index (χ4n) is 1.37. The molecule has 0 spiro atoms. The monoisotopic (exact) mass is 237 g/mol. The predicted octanol–water partition coefficient (Wildman–Crippen LogP) is 0.0504. The van der Waals surface area contributed by atoms with Crippen molar-refractivity contribution in [3.05, 3.63) is 29.9 Å². The highest BCUT2D eigenvalue weighted by Gasteiger charge is 2.03. The van der Waals surface area contributed by atoms with Crippen molar-refractivity contribution in [3.8, 4) is 0 Å². The summed E-state index contributed by atoms with van der Waals surface area (Å²) in [5, 5.41) is 14.9. The lowest BCUT2D eigenvalue weighted by atomic mass is 10.4. The third-order valence-electron chi connectivity index (χ3n) is 2.18. The number of hydrogen-bond acceptors (Lipinski definition) is 6.